The van der Waals surface area contributed by atoms with Crippen LogP contribution in [0.2, 0.25) is 0 Å². The van der Waals surface area contributed by atoms with E-state index in [-0.39, 0.29) is 12.1 Å². The Morgan fingerprint density at radius 2 is 2.14 bits per heavy atom. The molecule has 1 aromatic carbocycles. The lowest BCUT2D eigenvalue weighted by Crippen LogP contribution is -2.51. The van der Waals surface area contributed by atoms with Crippen LogP contribution in [0.1, 0.15) is 26.2 Å². The predicted molar refractivity (Wildman–Crippen MR) is 79.7 cm³/mol. The summed E-state index contributed by atoms with van der Waals surface area (Å²) in [6.07, 6.45) is 2.15. The molecule has 1 saturated carbocycles. The molecule has 116 valence electrons. The van der Waals surface area contributed by atoms with Crippen molar-refractivity contribution in [1.29, 1.82) is 0 Å². The zero-order valence-electron chi connectivity index (χ0n) is 12.8. The summed E-state index contributed by atoms with van der Waals surface area (Å²) in [6.45, 7) is 2.71. The largest absolute Gasteiger partial charge is 0.497 e. The van der Waals surface area contributed by atoms with E-state index in [1.165, 1.54) is 7.11 Å². The van der Waals surface area contributed by atoms with Gasteiger partial charge in [-0.3, -0.25) is 4.79 Å². The molecule has 0 radical (unpaired) electrons. The summed E-state index contributed by atoms with van der Waals surface area (Å²) in [6, 6.07) is 7.51. The van der Waals surface area contributed by atoms with E-state index in [1.807, 2.05) is 31.2 Å². The molecule has 0 amide bonds. The molecule has 5 heteroatoms. The van der Waals surface area contributed by atoms with Gasteiger partial charge in [0.25, 0.3) is 0 Å². The lowest BCUT2D eigenvalue weighted by Gasteiger charge is -2.27. The van der Waals surface area contributed by atoms with Gasteiger partial charge in [0.15, 0.2) is 0 Å². The number of likely N-dealkylation sites (N-methyl/N-ethyl adjacent to an activating group) is 1. The smallest absolute Gasteiger partial charge is 0.326 e. The number of hydrogen-bond donors (Lipinski definition) is 1. The zero-order chi connectivity index (χ0) is 15.3. The Labute approximate surface area is 125 Å². The highest BCUT2D eigenvalue weighted by molar-refractivity contribution is 5.81. The number of hydrogen-bond acceptors (Lipinski definition) is 5. The Morgan fingerprint density at radius 3 is 2.81 bits per heavy atom. The van der Waals surface area contributed by atoms with Crippen LogP contribution in [-0.4, -0.2) is 38.4 Å². The van der Waals surface area contributed by atoms with Crippen molar-refractivity contribution in [2.24, 2.45) is 0 Å². The van der Waals surface area contributed by atoms with E-state index in [4.69, 9.17) is 14.2 Å². The van der Waals surface area contributed by atoms with Crippen LogP contribution in [-0.2, 0) is 9.53 Å². The lowest BCUT2D eigenvalue weighted by atomic mass is 9.97. The first kappa shape index (κ1) is 15.6. The van der Waals surface area contributed by atoms with Gasteiger partial charge in [-0.15, -0.1) is 0 Å². The molecule has 0 heterocycles. The fourth-order valence-electron chi connectivity index (χ4n) is 2.92. The third kappa shape index (κ3) is 3.47. The second-order valence-electron chi connectivity index (χ2n) is 5.27. The summed E-state index contributed by atoms with van der Waals surface area (Å²) in [5, 5.41) is 3.27. The molecule has 2 unspecified atom stereocenters. The van der Waals surface area contributed by atoms with E-state index < -0.39 is 5.54 Å². The van der Waals surface area contributed by atoms with Crippen molar-refractivity contribution >= 4 is 5.97 Å². The monoisotopic (exact) mass is 293 g/mol. The highest BCUT2D eigenvalue weighted by Gasteiger charge is 2.46. The van der Waals surface area contributed by atoms with Crippen molar-refractivity contribution in [2.75, 3.05) is 20.8 Å². The number of carbonyl (C=O) groups is 1. The Kier molecular flexibility index (Phi) is 5.07. The van der Waals surface area contributed by atoms with Crippen LogP contribution >= 0.6 is 0 Å². The Balaban J connectivity index is 2.05. The molecule has 0 saturated heterocycles. The quantitative estimate of drug-likeness (QED) is 0.814. The number of methoxy groups -OCH3 is 2. The normalized spacial score (nSPS) is 24.6. The number of carbonyl (C=O) groups excluding carboxylic acids is 1. The average molecular weight is 293 g/mol. The number of rotatable bonds is 6. The van der Waals surface area contributed by atoms with Crippen molar-refractivity contribution in [3.05, 3.63) is 24.3 Å². The van der Waals surface area contributed by atoms with Crippen molar-refractivity contribution in [3.63, 3.8) is 0 Å². The predicted octanol–water partition coefficient (Wildman–Crippen LogP) is 2.15. The summed E-state index contributed by atoms with van der Waals surface area (Å²) >= 11 is 0. The standard InChI is InChI=1S/C16H23NO4/c1-4-17-16(15(18)20-3)9-8-14(11-16)21-13-7-5-6-12(10-13)19-2/h5-7,10,14,17H,4,8-9,11H2,1-3H3. The Hall–Kier alpha value is -1.75. The summed E-state index contributed by atoms with van der Waals surface area (Å²) in [5.41, 5.74) is -0.618. The van der Waals surface area contributed by atoms with Crippen LogP contribution in [0.15, 0.2) is 24.3 Å². The average Bonchev–Trinajstić information content (AvgIpc) is 2.91. The number of benzene rings is 1. The molecule has 0 aliphatic heterocycles. The molecule has 2 atom stereocenters. The minimum absolute atomic E-state index is 0.00439. The van der Waals surface area contributed by atoms with Crippen molar-refractivity contribution in [3.8, 4) is 11.5 Å². The molecular weight excluding hydrogens is 270 g/mol. The minimum Gasteiger partial charge on any atom is -0.497 e. The van der Waals surface area contributed by atoms with Gasteiger partial charge in [0.05, 0.1) is 14.2 Å². The van der Waals surface area contributed by atoms with Crippen LogP contribution in [0.3, 0.4) is 0 Å². The highest BCUT2D eigenvalue weighted by atomic mass is 16.5. The summed E-state index contributed by atoms with van der Waals surface area (Å²) in [5.74, 6) is 1.31. The second kappa shape index (κ2) is 6.80. The third-order valence-electron chi connectivity index (χ3n) is 3.90. The summed E-state index contributed by atoms with van der Waals surface area (Å²) in [4.78, 5) is 12.1. The maximum atomic E-state index is 12.1. The fraction of sp³-hybridized carbons (Fsp3) is 0.562. The van der Waals surface area contributed by atoms with Crippen molar-refractivity contribution in [2.45, 2.75) is 37.8 Å². The molecule has 1 aliphatic carbocycles. The van der Waals surface area contributed by atoms with Gasteiger partial charge < -0.3 is 19.5 Å². The number of nitrogens with one attached hydrogen (secondary N) is 1. The topological polar surface area (TPSA) is 56.8 Å². The van der Waals surface area contributed by atoms with E-state index in [0.29, 0.717) is 6.42 Å². The fourth-order valence-corrected chi connectivity index (χ4v) is 2.92. The van der Waals surface area contributed by atoms with E-state index in [9.17, 15) is 4.79 Å². The molecule has 21 heavy (non-hydrogen) atoms. The van der Waals surface area contributed by atoms with E-state index in [2.05, 4.69) is 5.32 Å². The van der Waals surface area contributed by atoms with E-state index in [1.54, 1.807) is 7.11 Å². The number of ether oxygens (including phenoxy) is 3. The molecule has 2 rings (SSSR count). The Bertz CT molecular complexity index is 491. The molecule has 0 bridgehead atoms. The van der Waals surface area contributed by atoms with Crippen LogP contribution in [0.4, 0.5) is 0 Å². The van der Waals surface area contributed by atoms with Crippen LogP contribution in [0.25, 0.3) is 0 Å². The van der Waals surface area contributed by atoms with Crippen LogP contribution in [0, 0.1) is 0 Å². The molecule has 1 fully saturated rings. The zero-order valence-corrected chi connectivity index (χ0v) is 12.8. The van der Waals surface area contributed by atoms with Crippen molar-refractivity contribution < 1.29 is 19.0 Å². The summed E-state index contributed by atoms with van der Waals surface area (Å²) < 4.78 is 16.1. The van der Waals surface area contributed by atoms with Gasteiger partial charge in [-0.05, 0) is 31.5 Å². The van der Waals surface area contributed by atoms with Gasteiger partial charge in [-0.25, -0.2) is 0 Å². The van der Waals surface area contributed by atoms with Crippen molar-refractivity contribution in [1.82, 2.24) is 5.32 Å². The van der Waals surface area contributed by atoms with Gasteiger partial charge >= 0.3 is 5.97 Å². The maximum Gasteiger partial charge on any atom is 0.326 e. The van der Waals surface area contributed by atoms with Gasteiger partial charge in [0.1, 0.15) is 23.1 Å². The van der Waals surface area contributed by atoms with Gasteiger partial charge in [0, 0.05) is 12.5 Å². The highest BCUT2D eigenvalue weighted by Crippen LogP contribution is 2.34. The molecule has 5 nitrogen and oxygen atoms in total. The minimum atomic E-state index is -0.618. The first-order valence-electron chi connectivity index (χ1n) is 7.27. The van der Waals surface area contributed by atoms with Gasteiger partial charge in [0.2, 0.25) is 0 Å². The SMILES string of the molecule is CCNC1(C(=O)OC)CCC(Oc2cccc(OC)c2)C1. The lowest BCUT2D eigenvalue weighted by molar-refractivity contribution is -0.148. The van der Waals surface area contributed by atoms with Gasteiger partial charge in [-0.2, -0.15) is 0 Å². The molecule has 1 aliphatic rings. The first-order valence-corrected chi connectivity index (χ1v) is 7.27. The first-order chi connectivity index (χ1) is 10.1. The molecule has 1 aromatic rings. The van der Waals surface area contributed by atoms with E-state index in [0.717, 1.165) is 30.9 Å². The summed E-state index contributed by atoms with van der Waals surface area (Å²) in [7, 11) is 3.06. The molecular formula is C16H23NO4. The maximum absolute atomic E-state index is 12.1. The number of esters is 1. The van der Waals surface area contributed by atoms with E-state index >= 15 is 0 Å². The molecule has 0 aromatic heterocycles. The van der Waals surface area contributed by atoms with Crippen LogP contribution in [0.5, 0.6) is 11.5 Å². The molecule has 0 spiro atoms. The second-order valence-corrected chi connectivity index (χ2v) is 5.27. The van der Waals surface area contributed by atoms with Crippen LogP contribution < -0.4 is 14.8 Å². The van der Waals surface area contributed by atoms with Gasteiger partial charge in [-0.1, -0.05) is 13.0 Å². The Morgan fingerprint density at radius 1 is 1.38 bits per heavy atom. The third-order valence-corrected chi connectivity index (χ3v) is 3.90. The molecule has 1 N–H and O–H groups in total.